The number of imidazole rings is 1. The van der Waals surface area contributed by atoms with Crippen molar-refractivity contribution in [2.45, 2.75) is 6.54 Å². The van der Waals surface area contributed by atoms with Crippen LogP contribution < -0.4 is 0 Å². The number of hydrogen-bond acceptors (Lipinski definition) is 3. The molecule has 4 aromatic carbocycles. The zero-order valence-corrected chi connectivity index (χ0v) is 18.4. The summed E-state index contributed by atoms with van der Waals surface area (Å²) in [6.07, 6.45) is 0. The average Bonchev–Trinajstić information content (AvgIpc) is 3.44. The van der Waals surface area contributed by atoms with Gasteiger partial charge in [0.05, 0.1) is 0 Å². The van der Waals surface area contributed by atoms with Gasteiger partial charge in [0, 0.05) is 0 Å². The first-order chi connectivity index (χ1) is 15.3. The molecule has 0 atom stereocenters. The molecule has 2 heterocycles. The van der Waals surface area contributed by atoms with Crippen LogP contribution in [0.15, 0.2) is 97.1 Å². The van der Waals surface area contributed by atoms with Gasteiger partial charge in [-0.1, -0.05) is 24.3 Å². The van der Waals surface area contributed by atoms with E-state index in [9.17, 15) is 0 Å². The predicted octanol–water partition coefficient (Wildman–Crippen LogP) is 5.42. The number of rotatable bonds is 4. The van der Waals surface area contributed by atoms with Gasteiger partial charge in [-0.05, 0) is 0 Å². The molecule has 0 amide bonds. The van der Waals surface area contributed by atoms with Crippen LogP contribution in [0.3, 0.4) is 0 Å². The topological polar surface area (TPSA) is 43.6 Å². The molecule has 0 spiro atoms. The van der Waals surface area contributed by atoms with Crippen molar-refractivity contribution in [1.29, 1.82) is 0 Å². The summed E-state index contributed by atoms with van der Waals surface area (Å²) in [6.45, 7) is 0.780. The van der Waals surface area contributed by atoms with Gasteiger partial charge in [-0.25, -0.2) is 0 Å². The molecular weight excluding hydrogens is 447 g/mol. The molecule has 0 aliphatic carbocycles. The van der Waals surface area contributed by atoms with Crippen LogP contribution in [-0.4, -0.2) is 32.5 Å². The molecule has 0 saturated carbocycles. The third-order valence-electron chi connectivity index (χ3n) is 5.55. The monoisotopic (exact) mass is 466 g/mol. The van der Waals surface area contributed by atoms with E-state index in [-0.39, 0.29) is 15.0 Å². The minimum absolute atomic E-state index is 0.00822. The smallest absolute Gasteiger partial charge is 0.0619 e. The molecule has 4 nitrogen and oxygen atoms in total. The van der Waals surface area contributed by atoms with Crippen LogP contribution in [0.2, 0.25) is 0 Å². The van der Waals surface area contributed by atoms with E-state index in [1.165, 1.54) is 5.56 Å². The number of aromatic nitrogens is 4. The van der Waals surface area contributed by atoms with Crippen molar-refractivity contribution >= 4 is 37.0 Å². The van der Waals surface area contributed by atoms with Gasteiger partial charge >= 0.3 is 162 Å². The Labute approximate surface area is 186 Å². The van der Waals surface area contributed by atoms with E-state index in [0.29, 0.717) is 0 Å². The first kappa shape index (κ1) is 18.3. The molecule has 6 rings (SSSR count). The second-order valence-electron chi connectivity index (χ2n) is 7.54. The maximum atomic E-state index is 5.06. The fourth-order valence-electron chi connectivity index (χ4n) is 4.00. The third kappa shape index (κ3) is 3.38. The summed E-state index contributed by atoms with van der Waals surface area (Å²) >= 11 is -0.00822. The van der Waals surface area contributed by atoms with E-state index < -0.39 is 0 Å². The Hall–Kier alpha value is -3.53. The molecule has 0 unspecified atom stereocenters. The number of benzene rings is 4. The van der Waals surface area contributed by atoms with Gasteiger partial charge in [0.2, 0.25) is 0 Å². The van der Waals surface area contributed by atoms with E-state index in [4.69, 9.17) is 4.98 Å². The maximum absolute atomic E-state index is 5.06. The fraction of sp³-hybridized carbons (Fsp3) is 0.0385. The molecule has 0 bridgehead atoms. The van der Waals surface area contributed by atoms with Gasteiger partial charge in [-0.15, -0.1) is 0 Å². The quantitative estimate of drug-likeness (QED) is 0.327. The predicted molar refractivity (Wildman–Crippen MR) is 126 cm³/mol. The first-order valence-corrected chi connectivity index (χ1v) is 11.7. The number of nitrogens with zero attached hydrogens (tertiary/aromatic N) is 4. The molecule has 0 N–H and O–H groups in total. The minimum atomic E-state index is -0.00822. The summed E-state index contributed by atoms with van der Waals surface area (Å²) in [5.74, 6) is 0.988. The second-order valence-corrected chi connectivity index (χ2v) is 8.65. The summed E-state index contributed by atoms with van der Waals surface area (Å²) < 4.78 is 11.3. The number of fused-ring (bicyclic) bond motifs is 2. The standard InChI is InChI=1S/C26H18N4Se/c1-3-7-18(8-4-1)17-30-25-14-12-21(20-11-13-22-23(15-20)29-31-28-22)16-24(25)27-26(30)19-9-5-2-6-10-19/h1-16H,17H2. The van der Waals surface area contributed by atoms with E-state index in [1.807, 2.05) is 6.07 Å². The van der Waals surface area contributed by atoms with Crippen LogP contribution in [0.1, 0.15) is 5.56 Å². The molecule has 0 aliphatic heterocycles. The molecule has 0 aliphatic rings. The van der Waals surface area contributed by atoms with E-state index in [0.717, 1.165) is 51.1 Å². The van der Waals surface area contributed by atoms with Crippen LogP contribution >= 0.6 is 0 Å². The molecule has 0 radical (unpaired) electrons. The summed E-state index contributed by atoms with van der Waals surface area (Å²) in [4.78, 5) is 5.06. The van der Waals surface area contributed by atoms with Crippen molar-refractivity contribution in [2.75, 3.05) is 0 Å². The molecule has 5 heteroatoms. The van der Waals surface area contributed by atoms with E-state index >= 15 is 0 Å². The van der Waals surface area contributed by atoms with Crippen LogP contribution in [0, 0.1) is 0 Å². The van der Waals surface area contributed by atoms with Crippen LogP contribution in [0.5, 0.6) is 0 Å². The van der Waals surface area contributed by atoms with Gasteiger partial charge < -0.3 is 0 Å². The Kier molecular flexibility index (Phi) is 4.49. The van der Waals surface area contributed by atoms with Crippen LogP contribution in [-0.2, 0) is 6.54 Å². The number of hydrogen-bond donors (Lipinski definition) is 0. The second kappa shape index (κ2) is 7.62. The van der Waals surface area contributed by atoms with Gasteiger partial charge in [-0.3, -0.25) is 0 Å². The Morgan fingerprint density at radius 3 is 2.10 bits per heavy atom. The third-order valence-corrected chi connectivity index (χ3v) is 6.72. The molecular formula is C26H18N4Se. The Morgan fingerprint density at radius 2 is 1.29 bits per heavy atom. The van der Waals surface area contributed by atoms with Crippen LogP contribution in [0.25, 0.3) is 44.6 Å². The summed E-state index contributed by atoms with van der Waals surface area (Å²) in [5, 5.41) is 0. The molecule has 31 heavy (non-hydrogen) atoms. The summed E-state index contributed by atoms with van der Waals surface area (Å²) in [6, 6.07) is 33.8. The SMILES string of the molecule is c1ccc(Cn2c(-c3ccccc3)nc3cc(-c4ccc5n[se]nc5c4)ccc32)cc1. The fourth-order valence-corrected chi connectivity index (χ4v) is 5.09. The van der Waals surface area contributed by atoms with Gasteiger partial charge in [0.1, 0.15) is 0 Å². The van der Waals surface area contributed by atoms with E-state index in [1.54, 1.807) is 0 Å². The van der Waals surface area contributed by atoms with Gasteiger partial charge in [-0.2, -0.15) is 0 Å². The summed E-state index contributed by atoms with van der Waals surface area (Å²) in [5.41, 5.74) is 8.81. The average molecular weight is 465 g/mol. The van der Waals surface area contributed by atoms with Crippen molar-refractivity contribution in [3.05, 3.63) is 103 Å². The zero-order valence-electron chi connectivity index (χ0n) is 16.6. The van der Waals surface area contributed by atoms with Gasteiger partial charge in [0.25, 0.3) is 0 Å². The van der Waals surface area contributed by atoms with E-state index in [2.05, 4.69) is 104 Å². The Morgan fingerprint density at radius 1 is 0.613 bits per heavy atom. The molecule has 0 saturated heterocycles. The van der Waals surface area contributed by atoms with Crippen LogP contribution in [0.4, 0.5) is 0 Å². The normalized spacial score (nSPS) is 11.4. The molecule has 0 fully saturated rings. The Balaban J connectivity index is 1.51. The molecule has 6 aromatic rings. The summed E-state index contributed by atoms with van der Waals surface area (Å²) in [7, 11) is 0. The van der Waals surface area contributed by atoms with Crippen molar-refractivity contribution < 1.29 is 0 Å². The van der Waals surface area contributed by atoms with Crippen molar-refractivity contribution in [1.82, 2.24) is 17.5 Å². The first-order valence-electron chi connectivity index (χ1n) is 10.2. The zero-order chi connectivity index (χ0) is 20.6. The molecule has 148 valence electrons. The van der Waals surface area contributed by atoms with Crippen molar-refractivity contribution in [2.24, 2.45) is 0 Å². The van der Waals surface area contributed by atoms with Crippen molar-refractivity contribution in [3.8, 4) is 22.5 Å². The minimum Gasteiger partial charge on any atom is -0.0619 e. The Bertz CT molecular complexity index is 1500. The van der Waals surface area contributed by atoms with Crippen molar-refractivity contribution in [3.63, 3.8) is 0 Å². The molecule has 2 aromatic heterocycles. The van der Waals surface area contributed by atoms with Gasteiger partial charge in [0.15, 0.2) is 0 Å².